The molecule has 0 aromatic rings. The van der Waals surface area contributed by atoms with E-state index in [9.17, 15) is 8.42 Å². The van der Waals surface area contributed by atoms with Gasteiger partial charge in [-0.3, -0.25) is 4.28 Å². The van der Waals surface area contributed by atoms with E-state index in [4.69, 9.17) is 0 Å². The summed E-state index contributed by atoms with van der Waals surface area (Å²) in [7, 11) is -3.42. The highest BCUT2D eigenvalue weighted by atomic mass is 32.2. The van der Waals surface area contributed by atoms with E-state index in [0.29, 0.717) is 0 Å². The molecule has 1 fully saturated rings. The highest BCUT2D eigenvalue weighted by Gasteiger charge is 2.07. The third-order valence-corrected chi connectivity index (χ3v) is 2.33. The molecule has 0 atom stereocenters. The molecule has 0 amide bonds. The van der Waals surface area contributed by atoms with Crippen molar-refractivity contribution in [3.8, 4) is 0 Å². The summed E-state index contributed by atoms with van der Waals surface area (Å²) in [4.78, 5) is 0. The topological polar surface area (TPSA) is 55.7 Å². The standard InChI is InChI=1S/C8H15NO3S/c1-13(10,11)12-9-8-6-4-2-3-5-7-8/h2-7H2,1H3. The zero-order chi connectivity index (χ0) is 9.73. The van der Waals surface area contributed by atoms with Gasteiger partial charge in [-0.15, -0.1) is 0 Å². The van der Waals surface area contributed by atoms with Crippen molar-refractivity contribution >= 4 is 15.8 Å². The van der Waals surface area contributed by atoms with Gasteiger partial charge in [-0.2, -0.15) is 8.42 Å². The van der Waals surface area contributed by atoms with Crippen molar-refractivity contribution in [3.63, 3.8) is 0 Å². The minimum absolute atomic E-state index is 0.871. The smallest absolute Gasteiger partial charge is 0.269 e. The number of hydrogen-bond donors (Lipinski definition) is 0. The Morgan fingerprint density at radius 2 is 1.69 bits per heavy atom. The molecule has 0 aromatic heterocycles. The SMILES string of the molecule is CS(=O)(=O)ON=C1CCCCCC1. The lowest BCUT2D eigenvalue weighted by Crippen LogP contribution is -2.02. The summed E-state index contributed by atoms with van der Waals surface area (Å²) in [5.41, 5.74) is 0.878. The Balaban J connectivity index is 2.49. The van der Waals surface area contributed by atoms with Crippen LogP contribution in [0.3, 0.4) is 0 Å². The summed E-state index contributed by atoms with van der Waals surface area (Å²) in [6.45, 7) is 0. The molecule has 0 aromatic carbocycles. The van der Waals surface area contributed by atoms with Crippen LogP contribution < -0.4 is 0 Å². The maximum Gasteiger partial charge on any atom is 0.325 e. The van der Waals surface area contributed by atoms with Crippen LogP contribution in [0.2, 0.25) is 0 Å². The van der Waals surface area contributed by atoms with Crippen LogP contribution in [-0.2, 0) is 14.4 Å². The fourth-order valence-corrected chi connectivity index (χ4v) is 1.59. The van der Waals surface area contributed by atoms with E-state index in [0.717, 1.165) is 37.7 Å². The van der Waals surface area contributed by atoms with Gasteiger partial charge in [0.2, 0.25) is 0 Å². The van der Waals surface area contributed by atoms with Gasteiger partial charge in [-0.1, -0.05) is 18.0 Å². The lowest BCUT2D eigenvalue weighted by Gasteiger charge is -1.99. The fourth-order valence-electron chi connectivity index (χ4n) is 1.35. The van der Waals surface area contributed by atoms with Gasteiger partial charge in [0.05, 0.1) is 12.0 Å². The Morgan fingerprint density at radius 3 is 2.15 bits per heavy atom. The van der Waals surface area contributed by atoms with Gasteiger partial charge in [-0.05, 0) is 25.7 Å². The van der Waals surface area contributed by atoms with Gasteiger partial charge in [0.15, 0.2) is 0 Å². The summed E-state index contributed by atoms with van der Waals surface area (Å²) < 4.78 is 25.6. The highest BCUT2D eigenvalue weighted by Crippen LogP contribution is 2.15. The maximum absolute atomic E-state index is 10.6. The van der Waals surface area contributed by atoms with Crippen LogP contribution >= 0.6 is 0 Å². The van der Waals surface area contributed by atoms with Gasteiger partial charge in [-0.25, -0.2) is 0 Å². The number of hydrogen-bond acceptors (Lipinski definition) is 4. The average Bonchev–Trinajstić information content (AvgIpc) is 2.26. The molecule has 0 saturated heterocycles. The largest absolute Gasteiger partial charge is 0.325 e. The molecule has 4 nitrogen and oxygen atoms in total. The van der Waals surface area contributed by atoms with Crippen molar-refractivity contribution in [3.05, 3.63) is 0 Å². The molecule has 0 bridgehead atoms. The minimum Gasteiger partial charge on any atom is -0.269 e. The van der Waals surface area contributed by atoms with E-state index >= 15 is 0 Å². The summed E-state index contributed by atoms with van der Waals surface area (Å²) in [5.74, 6) is 0. The molecule has 1 aliphatic rings. The normalized spacial score (nSPS) is 19.3. The van der Waals surface area contributed by atoms with Gasteiger partial charge >= 0.3 is 10.1 Å². The molecular weight excluding hydrogens is 190 g/mol. The number of nitrogens with zero attached hydrogens (tertiary/aromatic N) is 1. The van der Waals surface area contributed by atoms with Crippen LogP contribution in [0.4, 0.5) is 0 Å². The molecule has 0 N–H and O–H groups in total. The predicted octanol–water partition coefficient (Wildman–Crippen LogP) is 1.67. The molecule has 0 spiro atoms. The molecular formula is C8H15NO3S. The third kappa shape index (κ3) is 4.87. The Labute approximate surface area is 79.1 Å². The minimum atomic E-state index is -3.42. The second-order valence-corrected chi connectivity index (χ2v) is 4.91. The second kappa shape index (κ2) is 4.60. The van der Waals surface area contributed by atoms with Crippen LogP contribution in [0.5, 0.6) is 0 Å². The van der Waals surface area contributed by atoms with Gasteiger partial charge < -0.3 is 0 Å². The van der Waals surface area contributed by atoms with Crippen LogP contribution in [0, 0.1) is 0 Å². The van der Waals surface area contributed by atoms with Crippen molar-refractivity contribution in [1.82, 2.24) is 0 Å². The molecule has 0 unspecified atom stereocenters. The lowest BCUT2D eigenvalue weighted by atomic mass is 10.2. The van der Waals surface area contributed by atoms with Crippen LogP contribution in [-0.4, -0.2) is 20.4 Å². The first-order chi connectivity index (χ1) is 6.08. The quantitative estimate of drug-likeness (QED) is 0.509. The summed E-state index contributed by atoms with van der Waals surface area (Å²) >= 11 is 0. The monoisotopic (exact) mass is 205 g/mol. The van der Waals surface area contributed by atoms with E-state index in [1.165, 1.54) is 12.8 Å². The summed E-state index contributed by atoms with van der Waals surface area (Å²) in [6, 6.07) is 0. The molecule has 1 saturated carbocycles. The van der Waals surface area contributed by atoms with Crippen molar-refractivity contribution < 1.29 is 12.7 Å². The van der Waals surface area contributed by atoms with E-state index in [2.05, 4.69) is 9.44 Å². The Hall–Kier alpha value is -0.580. The molecule has 1 aliphatic carbocycles. The van der Waals surface area contributed by atoms with Crippen LogP contribution in [0.25, 0.3) is 0 Å². The molecule has 1 rings (SSSR count). The van der Waals surface area contributed by atoms with Crippen molar-refractivity contribution in [2.45, 2.75) is 38.5 Å². The molecule has 0 heterocycles. The first kappa shape index (κ1) is 10.5. The van der Waals surface area contributed by atoms with E-state index < -0.39 is 10.1 Å². The van der Waals surface area contributed by atoms with Crippen molar-refractivity contribution in [2.24, 2.45) is 5.16 Å². The Bertz CT molecular complexity index is 272. The third-order valence-electron chi connectivity index (χ3n) is 1.98. The molecule has 13 heavy (non-hydrogen) atoms. The fraction of sp³-hybridized carbons (Fsp3) is 0.875. The maximum atomic E-state index is 10.6. The molecule has 0 aliphatic heterocycles. The van der Waals surface area contributed by atoms with E-state index in [1.54, 1.807) is 0 Å². The van der Waals surface area contributed by atoms with E-state index in [-0.39, 0.29) is 0 Å². The zero-order valence-electron chi connectivity index (χ0n) is 7.82. The number of oxime groups is 1. The molecule has 76 valence electrons. The summed E-state index contributed by atoms with van der Waals surface area (Å²) in [5, 5.41) is 3.64. The lowest BCUT2D eigenvalue weighted by molar-refractivity contribution is 0.340. The highest BCUT2D eigenvalue weighted by molar-refractivity contribution is 7.85. The van der Waals surface area contributed by atoms with Crippen LogP contribution in [0.1, 0.15) is 38.5 Å². The van der Waals surface area contributed by atoms with E-state index in [1.807, 2.05) is 0 Å². The Kier molecular flexibility index (Phi) is 3.71. The van der Waals surface area contributed by atoms with Gasteiger partial charge in [0, 0.05) is 0 Å². The van der Waals surface area contributed by atoms with Gasteiger partial charge in [0.25, 0.3) is 0 Å². The molecule has 0 radical (unpaired) electrons. The first-order valence-corrected chi connectivity index (χ1v) is 6.34. The summed E-state index contributed by atoms with van der Waals surface area (Å²) in [6.07, 6.45) is 7.34. The number of rotatable bonds is 2. The van der Waals surface area contributed by atoms with Crippen molar-refractivity contribution in [1.29, 1.82) is 0 Å². The van der Waals surface area contributed by atoms with Gasteiger partial charge in [0.1, 0.15) is 0 Å². The molecule has 5 heteroatoms. The first-order valence-electron chi connectivity index (χ1n) is 4.52. The van der Waals surface area contributed by atoms with Crippen molar-refractivity contribution in [2.75, 3.05) is 6.26 Å². The predicted molar refractivity (Wildman–Crippen MR) is 51.1 cm³/mol. The van der Waals surface area contributed by atoms with Crippen LogP contribution in [0.15, 0.2) is 5.16 Å². The second-order valence-electron chi connectivity index (χ2n) is 3.35. The average molecular weight is 205 g/mol. The Morgan fingerprint density at radius 1 is 1.15 bits per heavy atom. The zero-order valence-corrected chi connectivity index (χ0v) is 8.64.